The Hall–Kier alpha value is -1.90. The van der Waals surface area contributed by atoms with Crippen LogP contribution in [-0.2, 0) is 10.0 Å². The second-order valence-corrected chi connectivity index (χ2v) is 10.1. The fourth-order valence-electron chi connectivity index (χ4n) is 3.74. The number of sulfonamides is 1. The van der Waals surface area contributed by atoms with E-state index in [9.17, 15) is 13.2 Å². The molecule has 0 atom stereocenters. The SMILES string of the molecule is O=C(Nc1ccc(OC2CCCC2)cc1)c1sccc1S(=O)(=O)N1CCCC1. The van der Waals surface area contributed by atoms with E-state index in [-0.39, 0.29) is 15.9 Å². The molecule has 1 N–H and O–H groups in total. The van der Waals surface area contributed by atoms with E-state index < -0.39 is 15.9 Å². The molecule has 2 fully saturated rings. The van der Waals surface area contributed by atoms with Crippen LogP contribution in [0.5, 0.6) is 5.75 Å². The zero-order valence-electron chi connectivity index (χ0n) is 15.6. The van der Waals surface area contributed by atoms with Crippen LogP contribution in [0, 0.1) is 0 Å². The van der Waals surface area contributed by atoms with Crippen molar-refractivity contribution in [3.05, 3.63) is 40.6 Å². The Morgan fingerprint density at radius 3 is 2.39 bits per heavy atom. The van der Waals surface area contributed by atoms with Gasteiger partial charge in [-0.05, 0) is 74.2 Å². The molecule has 1 aromatic heterocycles. The molecule has 1 aliphatic carbocycles. The van der Waals surface area contributed by atoms with Gasteiger partial charge in [-0.15, -0.1) is 11.3 Å². The molecule has 8 heteroatoms. The zero-order valence-corrected chi connectivity index (χ0v) is 17.2. The third kappa shape index (κ3) is 4.09. The lowest BCUT2D eigenvalue weighted by Crippen LogP contribution is -2.29. The number of benzene rings is 1. The van der Waals surface area contributed by atoms with Gasteiger partial charge in [-0.25, -0.2) is 8.42 Å². The molecule has 1 amide bonds. The summed E-state index contributed by atoms with van der Waals surface area (Å²) >= 11 is 1.14. The number of rotatable bonds is 6. The van der Waals surface area contributed by atoms with Crippen molar-refractivity contribution < 1.29 is 17.9 Å². The molecule has 28 heavy (non-hydrogen) atoms. The van der Waals surface area contributed by atoms with Crippen molar-refractivity contribution in [1.82, 2.24) is 4.31 Å². The molecule has 4 rings (SSSR count). The molecule has 0 spiro atoms. The molecule has 150 valence electrons. The summed E-state index contributed by atoms with van der Waals surface area (Å²) in [6.07, 6.45) is 6.60. The lowest BCUT2D eigenvalue weighted by Gasteiger charge is -2.16. The number of amides is 1. The fourth-order valence-corrected chi connectivity index (χ4v) is 6.55. The van der Waals surface area contributed by atoms with Gasteiger partial charge in [-0.2, -0.15) is 4.31 Å². The molecule has 0 radical (unpaired) electrons. The Labute approximate surface area is 169 Å². The van der Waals surface area contributed by atoms with Crippen molar-refractivity contribution in [3.8, 4) is 5.75 Å². The Bertz CT molecular complexity index is 925. The lowest BCUT2D eigenvalue weighted by atomic mass is 10.2. The lowest BCUT2D eigenvalue weighted by molar-refractivity contribution is 0.102. The summed E-state index contributed by atoms with van der Waals surface area (Å²) < 4.78 is 33.0. The number of ether oxygens (including phenoxy) is 1. The number of nitrogens with zero attached hydrogens (tertiary/aromatic N) is 1. The first-order chi connectivity index (χ1) is 13.5. The molecular weight excluding hydrogens is 396 g/mol. The van der Waals surface area contributed by atoms with Crippen LogP contribution in [0.15, 0.2) is 40.6 Å². The fraction of sp³-hybridized carbons (Fsp3) is 0.450. The molecular formula is C20H24N2O4S2. The van der Waals surface area contributed by atoms with E-state index in [0.717, 1.165) is 42.8 Å². The normalized spacial score (nSPS) is 18.4. The maximum Gasteiger partial charge on any atom is 0.267 e. The van der Waals surface area contributed by atoms with Crippen molar-refractivity contribution in [1.29, 1.82) is 0 Å². The van der Waals surface area contributed by atoms with Gasteiger partial charge in [-0.3, -0.25) is 4.79 Å². The first-order valence-corrected chi connectivity index (χ1v) is 12.0. The van der Waals surface area contributed by atoms with Crippen LogP contribution >= 0.6 is 11.3 Å². The minimum atomic E-state index is -3.62. The van der Waals surface area contributed by atoms with E-state index in [1.54, 1.807) is 17.5 Å². The minimum absolute atomic E-state index is 0.0955. The van der Waals surface area contributed by atoms with E-state index in [1.165, 1.54) is 23.2 Å². The first kappa shape index (κ1) is 19.4. The third-order valence-electron chi connectivity index (χ3n) is 5.24. The summed E-state index contributed by atoms with van der Waals surface area (Å²) in [5.74, 6) is 0.385. The Morgan fingerprint density at radius 2 is 1.71 bits per heavy atom. The van der Waals surface area contributed by atoms with Crippen LogP contribution in [0.25, 0.3) is 0 Å². The van der Waals surface area contributed by atoms with Crippen LogP contribution in [0.4, 0.5) is 5.69 Å². The number of thiophene rings is 1. The molecule has 0 unspecified atom stereocenters. The van der Waals surface area contributed by atoms with Crippen LogP contribution < -0.4 is 10.1 Å². The van der Waals surface area contributed by atoms with Gasteiger partial charge in [0.15, 0.2) is 0 Å². The van der Waals surface area contributed by atoms with Gasteiger partial charge in [0.05, 0.1) is 6.10 Å². The maximum atomic E-state index is 12.8. The summed E-state index contributed by atoms with van der Waals surface area (Å²) in [6, 6.07) is 8.76. The summed E-state index contributed by atoms with van der Waals surface area (Å²) in [5, 5.41) is 4.45. The monoisotopic (exact) mass is 420 g/mol. The molecule has 2 heterocycles. The first-order valence-electron chi connectivity index (χ1n) is 9.70. The smallest absolute Gasteiger partial charge is 0.267 e. The minimum Gasteiger partial charge on any atom is -0.490 e. The van der Waals surface area contributed by atoms with Crippen molar-refractivity contribution in [2.75, 3.05) is 18.4 Å². The van der Waals surface area contributed by atoms with Crippen LogP contribution in [0.2, 0.25) is 0 Å². The van der Waals surface area contributed by atoms with Crippen molar-refractivity contribution >= 4 is 33.0 Å². The second-order valence-electron chi connectivity index (χ2n) is 7.23. The van der Waals surface area contributed by atoms with E-state index in [1.807, 2.05) is 12.1 Å². The highest BCUT2D eigenvalue weighted by Gasteiger charge is 2.31. The van der Waals surface area contributed by atoms with Crippen molar-refractivity contribution in [3.63, 3.8) is 0 Å². The summed E-state index contributed by atoms with van der Waals surface area (Å²) in [6.45, 7) is 1.03. The van der Waals surface area contributed by atoms with Gasteiger partial charge in [-0.1, -0.05) is 0 Å². The molecule has 1 aromatic carbocycles. The predicted octanol–water partition coefficient (Wildman–Crippen LogP) is 4.11. The van der Waals surface area contributed by atoms with Crippen LogP contribution in [0.1, 0.15) is 48.2 Å². The number of hydrogen-bond donors (Lipinski definition) is 1. The molecule has 6 nitrogen and oxygen atoms in total. The predicted molar refractivity (Wildman–Crippen MR) is 110 cm³/mol. The van der Waals surface area contributed by atoms with Crippen molar-refractivity contribution in [2.24, 2.45) is 0 Å². The zero-order chi connectivity index (χ0) is 19.6. The standard InChI is InChI=1S/C20H24N2O4S2/c23-20(19-18(11-14-27-19)28(24,25)22-12-3-4-13-22)21-15-7-9-17(10-8-15)26-16-5-1-2-6-16/h7-11,14,16H,1-6,12-13H2,(H,21,23). The third-order valence-corrected chi connectivity index (χ3v) is 8.22. The summed E-state index contributed by atoms with van der Waals surface area (Å²) in [7, 11) is -3.62. The highest BCUT2D eigenvalue weighted by Crippen LogP contribution is 2.29. The van der Waals surface area contributed by atoms with Crippen LogP contribution in [0.3, 0.4) is 0 Å². The highest BCUT2D eigenvalue weighted by atomic mass is 32.2. The largest absolute Gasteiger partial charge is 0.490 e. The number of hydrogen-bond acceptors (Lipinski definition) is 5. The van der Waals surface area contributed by atoms with E-state index in [2.05, 4.69) is 5.32 Å². The van der Waals surface area contributed by atoms with Gasteiger partial charge in [0.2, 0.25) is 10.0 Å². The van der Waals surface area contributed by atoms with Gasteiger partial charge in [0.25, 0.3) is 5.91 Å². The molecule has 1 saturated carbocycles. The van der Waals surface area contributed by atoms with Gasteiger partial charge >= 0.3 is 0 Å². The number of carbonyl (C=O) groups excluding carboxylic acids is 1. The van der Waals surface area contributed by atoms with Gasteiger partial charge in [0.1, 0.15) is 15.5 Å². The molecule has 1 aliphatic heterocycles. The summed E-state index contributed by atoms with van der Waals surface area (Å²) in [5.41, 5.74) is 0.613. The van der Waals surface area contributed by atoms with Crippen molar-refractivity contribution in [2.45, 2.75) is 49.5 Å². The molecule has 2 aromatic rings. The maximum absolute atomic E-state index is 12.8. The van der Waals surface area contributed by atoms with Gasteiger partial charge < -0.3 is 10.1 Å². The number of carbonyl (C=O) groups is 1. The van der Waals surface area contributed by atoms with E-state index >= 15 is 0 Å². The second kappa shape index (κ2) is 8.23. The topological polar surface area (TPSA) is 75.7 Å². The average molecular weight is 421 g/mol. The highest BCUT2D eigenvalue weighted by molar-refractivity contribution is 7.89. The molecule has 2 aliphatic rings. The Kier molecular flexibility index (Phi) is 5.70. The van der Waals surface area contributed by atoms with E-state index in [0.29, 0.717) is 18.8 Å². The Morgan fingerprint density at radius 1 is 1.04 bits per heavy atom. The number of anilines is 1. The molecule has 1 saturated heterocycles. The molecule has 0 bridgehead atoms. The van der Waals surface area contributed by atoms with Crippen LogP contribution in [-0.4, -0.2) is 37.8 Å². The Balaban J connectivity index is 1.45. The number of nitrogens with one attached hydrogen (secondary N) is 1. The quantitative estimate of drug-likeness (QED) is 0.763. The summed E-state index contributed by atoms with van der Waals surface area (Å²) in [4.78, 5) is 13.0. The average Bonchev–Trinajstić information content (AvgIpc) is 3.45. The van der Waals surface area contributed by atoms with E-state index in [4.69, 9.17) is 4.74 Å². The van der Waals surface area contributed by atoms with Gasteiger partial charge in [0, 0.05) is 18.8 Å².